The molecule has 1 fully saturated rings. The van der Waals surface area contributed by atoms with Crippen molar-refractivity contribution in [2.75, 3.05) is 20.2 Å². The van der Waals surface area contributed by atoms with E-state index in [4.69, 9.17) is 4.74 Å². The Balaban J connectivity index is 1.74. The largest absolute Gasteiger partial charge is 0.449 e. The molecule has 4 rings (SSSR count). The van der Waals surface area contributed by atoms with Crippen LogP contribution in [0.5, 0.6) is 0 Å². The zero-order valence-corrected chi connectivity index (χ0v) is 17.2. The van der Waals surface area contributed by atoms with Crippen LogP contribution in [0.2, 0.25) is 0 Å². The Kier molecular flexibility index (Phi) is 6.04. The van der Waals surface area contributed by atoms with Gasteiger partial charge in [0.2, 0.25) is 5.82 Å². The van der Waals surface area contributed by atoms with E-state index < -0.39 is 36.7 Å². The number of fused-ring (bicyclic) bond motifs is 1. The molecule has 3 aromatic rings. The van der Waals surface area contributed by atoms with Crippen LogP contribution in [0, 0.1) is 5.82 Å². The predicted octanol–water partition coefficient (Wildman–Crippen LogP) is 4.38. The number of aromatic nitrogens is 3. The molecule has 0 aliphatic carbocycles. The summed E-state index contributed by atoms with van der Waals surface area (Å²) in [6.45, 7) is -0.491. The van der Waals surface area contributed by atoms with E-state index in [9.17, 15) is 31.1 Å². The maximum absolute atomic E-state index is 14.9. The fraction of sp³-hybridized carbons (Fsp3) is 0.381. The van der Waals surface area contributed by atoms with Crippen molar-refractivity contribution in [1.29, 1.82) is 0 Å². The van der Waals surface area contributed by atoms with Gasteiger partial charge >= 0.3 is 6.18 Å². The van der Waals surface area contributed by atoms with Gasteiger partial charge in [0.05, 0.1) is 29.4 Å². The summed E-state index contributed by atoms with van der Waals surface area (Å²) in [5, 5.41) is 0. The van der Waals surface area contributed by atoms with Crippen LogP contribution >= 0.6 is 0 Å². The van der Waals surface area contributed by atoms with Crippen LogP contribution in [0.1, 0.15) is 22.6 Å². The second-order valence-electron chi connectivity index (χ2n) is 7.55. The molecule has 0 unspecified atom stereocenters. The molecular formula is C21H18F6N4O2. The van der Waals surface area contributed by atoms with Gasteiger partial charge in [-0.2, -0.15) is 13.2 Å². The molecule has 12 heteroatoms. The van der Waals surface area contributed by atoms with Crippen LogP contribution in [-0.4, -0.2) is 58.1 Å². The Morgan fingerprint density at radius 3 is 2.64 bits per heavy atom. The van der Waals surface area contributed by atoms with Crippen LogP contribution in [-0.2, 0) is 17.5 Å². The number of methoxy groups -OCH3 is 1. The fourth-order valence-corrected chi connectivity index (χ4v) is 3.91. The molecule has 3 heterocycles. The lowest BCUT2D eigenvalue weighted by atomic mass is 10.1. The Hall–Kier alpha value is -3.15. The third kappa shape index (κ3) is 4.39. The number of carbonyl (C=O) groups is 1. The Labute approximate surface area is 183 Å². The van der Waals surface area contributed by atoms with Crippen molar-refractivity contribution < 1.29 is 35.9 Å². The van der Waals surface area contributed by atoms with Crippen LogP contribution in [0.3, 0.4) is 0 Å². The number of rotatable bonds is 5. The second-order valence-corrected chi connectivity index (χ2v) is 7.55. The SMILES string of the molecule is CO[C@@H]1CCN(C(=O)c2ccc(-c3nccc4c3nc(C(F)(F)F)n4CC(F)F)cc2F)C1. The number of benzene rings is 1. The zero-order valence-electron chi connectivity index (χ0n) is 17.2. The number of alkyl halides is 5. The van der Waals surface area contributed by atoms with Crippen molar-refractivity contribution in [3.05, 3.63) is 47.7 Å². The van der Waals surface area contributed by atoms with E-state index in [1.54, 1.807) is 0 Å². The lowest BCUT2D eigenvalue weighted by molar-refractivity contribution is -0.147. The van der Waals surface area contributed by atoms with Crippen molar-refractivity contribution in [3.8, 4) is 11.3 Å². The molecule has 1 atom stereocenters. The Bertz CT molecular complexity index is 1190. The van der Waals surface area contributed by atoms with Gasteiger partial charge in [0.25, 0.3) is 12.3 Å². The van der Waals surface area contributed by atoms with Gasteiger partial charge in [-0.3, -0.25) is 9.78 Å². The molecule has 1 aromatic carbocycles. The number of halogens is 6. The first-order valence-corrected chi connectivity index (χ1v) is 9.92. The quantitative estimate of drug-likeness (QED) is 0.517. The minimum atomic E-state index is -4.98. The topological polar surface area (TPSA) is 60.2 Å². The molecule has 1 saturated heterocycles. The monoisotopic (exact) mass is 472 g/mol. The molecule has 33 heavy (non-hydrogen) atoms. The number of amides is 1. The van der Waals surface area contributed by atoms with E-state index in [1.165, 1.54) is 24.1 Å². The highest BCUT2D eigenvalue weighted by atomic mass is 19.4. The number of hydrogen-bond acceptors (Lipinski definition) is 4. The maximum atomic E-state index is 14.9. The normalized spacial score (nSPS) is 16.8. The van der Waals surface area contributed by atoms with Crippen LogP contribution in [0.15, 0.2) is 30.5 Å². The summed E-state index contributed by atoms with van der Waals surface area (Å²) in [5.74, 6) is -2.92. The average Bonchev–Trinajstić information content (AvgIpc) is 3.38. The van der Waals surface area contributed by atoms with Crippen molar-refractivity contribution >= 4 is 16.9 Å². The van der Waals surface area contributed by atoms with Gasteiger partial charge in [-0.05, 0) is 24.6 Å². The highest BCUT2D eigenvalue weighted by molar-refractivity contribution is 5.96. The summed E-state index contributed by atoms with van der Waals surface area (Å²) in [6.07, 6.45) is -6.41. The highest BCUT2D eigenvalue weighted by Crippen LogP contribution is 2.35. The first-order chi connectivity index (χ1) is 15.6. The van der Waals surface area contributed by atoms with Crippen molar-refractivity contribution in [1.82, 2.24) is 19.4 Å². The number of hydrogen-bond donors (Lipinski definition) is 0. The third-order valence-electron chi connectivity index (χ3n) is 5.48. The summed E-state index contributed by atoms with van der Waals surface area (Å²) in [5.41, 5.74) is -0.782. The maximum Gasteiger partial charge on any atom is 0.449 e. The van der Waals surface area contributed by atoms with E-state index in [-0.39, 0.29) is 34.0 Å². The second kappa shape index (κ2) is 8.65. The molecule has 1 aliphatic heterocycles. The zero-order chi connectivity index (χ0) is 23.9. The van der Waals surface area contributed by atoms with Crippen molar-refractivity contribution in [2.45, 2.75) is 31.7 Å². The van der Waals surface area contributed by atoms with E-state index in [2.05, 4.69) is 9.97 Å². The summed E-state index contributed by atoms with van der Waals surface area (Å²) in [4.78, 5) is 21.6. The van der Waals surface area contributed by atoms with Gasteiger partial charge in [0.15, 0.2) is 0 Å². The first-order valence-electron chi connectivity index (χ1n) is 9.92. The lowest BCUT2D eigenvalue weighted by Gasteiger charge is -2.17. The van der Waals surface area contributed by atoms with Crippen LogP contribution < -0.4 is 0 Å². The number of pyridine rings is 1. The number of ether oxygens (including phenoxy) is 1. The van der Waals surface area contributed by atoms with Crippen LogP contribution in [0.25, 0.3) is 22.3 Å². The van der Waals surface area contributed by atoms with Crippen LogP contribution in [0.4, 0.5) is 26.3 Å². The minimum Gasteiger partial charge on any atom is -0.380 e. The van der Waals surface area contributed by atoms with Gasteiger partial charge in [-0.15, -0.1) is 0 Å². The molecule has 0 radical (unpaired) electrons. The average molecular weight is 472 g/mol. The smallest absolute Gasteiger partial charge is 0.380 e. The van der Waals surface area contributed by atoms with E-state index in [0.29, 0.717) is 24.1 Å². The molecule has 0 saturated carbocycles. The first kappa shape index (κ1) is 23.0. The number of nitrogens with zero attached hydrogens (tertiary/aromatic N) is 4. The summed E-state index contributed by atoms with van der Waals surface area (Å²) in [7, 11) is 1.52. The van der Waals surface area contributed by atoms with E-state index in [0.717, 1.165) is 18.3 Å². The van der Waals surface area contributed by atoms with Gasteiger partial charge in [-0.25, -0.2) is 18.2 Å². The fourth-order valence-electron chi connectivity index (χ4n) is 3.91. The lowest BCUT2D eigenvalue weighted by Crippen LogP contribution is -2.30. The van der Waals surface area contributed by atoms with Gasteiger partial charge < -0.3 is 14.2 Å². The Morgan fingerprint density at radius 1 is 1.27 bits per heavy atom. The molecule has 6 nitrogen and oxygen atoms in total. The molecule has 0 N–H and O–H groups in total. The summed E-state index contributed by atoms with van der Waals surface area (Å²) < 4.78 is 86.6. The number of likely N-dealkylation sites (tertiary alicyclic amines) is 1. The predicted molar refractivity (Wildman–Crippen MR) is 105 cm³/mol. The summed E-state index contributed by atoms with van der Waals surface area (Å²) in [6, 6.07) is 4.66. The standard InChI is InChI=1S/C21H18F6N4O2/c1-33-12-5-7-30(9-12)19(32)13-3-2-11(8-14(13)22)17-18-15(4-6-28-17)31(10-16(23)24)20(29-18)21(25,26)27/h2-4,6,8,12,16H,5,7,9-10H2,1H3/t12-/m1/s1. The molecule has 2 aromatic heterocycles. The van der Waals surface area contributed by atoms with E-state index >= 15 is 0 Å². The molecule has 1 amide bonds. The van der Waals surface area contributed by atoms with Gasteiger partial charge in [-0.1, -0.05) is 6.07 Å². The number of imidazole rings is 1. The van der Waals surface area contributed by atoms with Gasteiger partial charge in [0.1, 0.15) is 11.3 Å². The number of carbonyl (C=O) groups excluding carboxylic acids is 1. The van der Waals surface area contributed by atoms with Crippen molar-refractivity contribution in [3.63, 3.8) is 0 Å². The Morgan fingerprint density at radius 2 is 2.03 bits per heavy atom. The van der Waals surface area contributed by atoms with Gasteiger partial charge in [0, 0.05) is 32.0 Å². The third-order valence-corrected chi connectivity index (χ3v) is 5.48. The molecule has 0 spiro atoms. The molecule has 1 aliphatic rings. The molecule has 0 bridgehead atoms. The van der Waals surface area contributed by atoms with Crippen molar-refractivity contribution in [2.24, 2.45) is 0 Å². The molecular weight excluding hydrogens is 454 g/mol. The highest BCUT2D eigenvalue weighted by Gasteiger charge is 2.38. The minimum absolute atomic E-state index is 0.0567. The molecule has 176 valence electrons. The summed E-state index contributed by atoms with van der Waals surface area (Å²) >= 11 is 0. The van der Waals surface area contributed by atoms with E-state index in [1.807, 2.05) is 0 Å².